The maximum Gasteiger partial charge on any atom is 0.256 e. The van der Waals surface area contributed by atoms with Crippen molar-refractivity contribution in [2.45, 2.75) is 19.3 Å². The van der Waals surface area contributed by atoms with Crippen molar-refractivity contribution in [2.75, 3.05) is 0 Å². The maximum atomic E-state index is 9.84. The van der Waals surface area contributed by atoms with Gasteiger partial charge in [-0.1, -0.05) is 0 Å². The standard InChI is InChI=1S/C6H12N4O/c7-6(8)10-9-4-2-1-3-5-11/h4-5H,1-3H2,(H4,7,8,10)/p+1. The van der Waals surface area contributed by atoms with Gasteiger partial charge in [-0.05, 0) is 6.42 Å². The number of carbonyl (C=O) groups excluding carboxylic acids is 1. The smallest absolute Gasteiger partial charge is 0.256 e. The van der Waals surface area contributed by atoms with Gasteiger partial charge in [0.15, 0.2) is 6.21 Å². The first-order valence-corrected chi connectivity index (χ1v) is 3.37. The first-order valence-electron chi connectivity index (χ1n) is 3.37. The summed E-state index contributed by atoms with van der Waals surface area (Å²) in [6, 6.07) is 0. The van der Waals surface area contributed by atoms with Crippen LogP contribution in [0.15, 0.2) is 5.10 Å². The Balaban J connectivity index is 3.30. The van der Waals surface area contributed by atoms with Crippen LogP contribution in [0.4, 0.5) is 0 Å². The number of hydrogen-bond donors (Lipinski definition) is 3. The highest BCUT2D eigenvalue weighted by molar-refractivity contribution is 5.74. The van der Waals surface area contributed by atoms with E-state index in [1.165, 1.54) is 0 Å². The average Bonchev–Trinajstić information content (AvgIpc) is 1.96. The summed E-state index contributed by atoms with van der Waals surface area (Å²) in [4.78, 5) is 9.84. The average molecular weight is 157 g/mol. The molecule has 0 aromatic carbocycles. The molecule has 0 unspecified atom stereocenters. The number of hydrogen-bond acceptors (Lipinski definition) is 2. The second-order valence-electron chi connectivity index (χ2n) is 1.97. The van der Waals surface area contributed by atoms with E-state index in [9.17, 15) is 4.79 Å². The molecule has 0 amide bonds. The third-order valence-corrected chi connectivity index (χ3v) is 0.955. The number of guanidine groups is 1. The monoisotopic (exact) mass is 157 g/mol. The molecule has 5 nitrogen and oxygen atoms in total. The molecule has 0 aromatic rings. The molecule has 62 valence electrons. The molecular weight excluding hydrogens is 144 g/mol. The molecule has 0 saturated heterocycles. The predicted octanol–water partition coefficient (Wildman–Crippen LogP) is -2.30. The number of nitrogens with two attached hydrogens (primary N) is 2. The summed E-state index contributed by atoms with van der Waals surface area (Å²) < 4.78 is 0. The minimum Gasteiger partial charge on any atom is -0.365 e. The first kappa shape index (κ1) is 9.61. The van der Waals surface area contributed by atoms with E-state index in [1.807, 2.05) is 0 Å². The fourth-order valence-corrected chi connectivity index (χ4v) is 0.488. The molecule has 0 heterocycles. The number of nitrogens with zero attached hydrogens (tertiary/aromatic N) is 1. The van der Waals surface area contributed by atoms with Gasteiger partial charge in [0.25, 0.3) is 5.96 Å². The molecule has 0 spiro atoms. The summed E-state index contributed by atoms with van der Waals surface area (Å²) in [7, 11) is 0. The third kappa shape index (κ3) is 8.61. The van der Waals surface area contributed by atoms with Crippen molar-refractivity contribution in [3.05, 3.63) is 0 Å². The Morgan fingerprint density at radius 1 is 1.45 bits per heavy atom. The van der Waals surface area contributed by atoms with Crippen molar-refractivity contribution < 1.29 is 9.90 Å². The van der Waals surface area contributed by atoms with Gasteiger partial charge < -0.3 is 16.3 Å². The van der Waals surface area contributed by atoms with Gasteiger partial charge >= 0.3 is 0 Å². The molecule has 0 radical (unpaired) electrons. The Bertz CT molecular complexity index is 160. The van der Waals surface area contributed by atoms with Crippen molar-refractivity contribution in [1.29, 1.82) is 0 Å². The lowest BCUT2D eigenvalue weighted by Crippen LogP contribution is -2.63. The van der Waals surface area contributed by atoms with Gasteiger partial charge in [-0.3, -0.25) is 0 Å². The van der Waals surface area contributed by atoms with Crippen LogP contribution in [0.5, 0.6) is 0 Å². The lowest BCUT2D eigenvalue weighted by Gasteiger charge is -1.80. The van der Waals surface area contributed by atoms with Gasteiger partial charge in [-0.25, -0.2) is 0 Å². The van der Waals surface area contributed by atoms with Crippen molar-refractivity contribution >= 4 is 18.5 Å². The summed E-state index contributed by atoms with van der Waals surface area (Å²) >= 11 is 0. The third-order valence-electron chi connectivity index (χ3n) is 0.955. The van der Waals surface area contributed by atoms with Crippen LogP contribution in [0, 0.1) is 0 Å². The normalized spacial score (nSPS) is 9.82. The molecule has 5 heteroatoms. The number of carbonyl (C=O) groups is 1. The van der Waals surface area contributed by atoms with E-state index in [2.05, 4.69) is 10.2 Å². The molecule has 0 aliphatic carbocycles. The molecule has 0 aliphatic heterocycles. The fraction of sp³-hybridized carbons (Fsp3) is 0.500. The number of rotatable bonds is 5. The summed E-state index contributed by atoms with van der Waals surface area (Å²) in [5.41, 5.74) is 10.0. The lowest BCUT2D eigenvalue weighted by atomic mass is 10.3. The molecule has 0 bridgehead atoms. The molecule has 0 rings (SSSR count). The Hall–Kier alpha value is -1.39. The van der Waals surface area contributed by atoms with E-state index in [4.69, 9.17) is 11.5 Å². The molecular formula is C6H13N4O+. The van der Waals surface area contributed by atoms with E-state index < -0.39 is 0 Å². The highest BCUT2D eigenvalue weighted by atomic mass is 16.1. The Labute approximate surface area is 65.2 Å². The molecule has 11 heavy (non-hydrogen) atoms. The van der Waals surface area contributed by atoms with E-state index in [-0.39, 0.29) is 5.96 Å². The SMILES string of the molecule is NC(N)=N[NH+]=CCCCC=O. The minimum atomic E-state index is -0.00311. The fourth-order valence-electron chi connectivity index (χ4n) is 0.488. The zero-order chi connectivity index (χ0) is 8.53. The summed E-state index contributed by atoms with van der Waals surface area (Å²) in [6.07, 6.45) is 4.74. The highest BCUT2D eigenvalue weighted by Gasteiger charge is 1.85. The Morgan fingerprint density at radius 3 is 2.73 bits per heavy atom. The summed E-state index contributed by atoms with van der Waals surface area (Å²) in [5.74, 6) is -0.00311. The quantitative estimate of drug-likeness (QED) is 0.138. The molecule has 0 atom stereocenters. The van der Waals surface area contributed by atoms with Crippen LogP contribution in [0.3, 0.4) is 0 Å². The lowest BCUT2D eigenvalue weighted by molar-refractivity contribution is -0.458. The minimum absolute atomic E-state index is 0.00311. The van der Waals surface area contributed by atoms with Crippen molar-refractivity contribution in [2.24, 2.45) is 16.6 Å². The number of aldehydes is 1. The van der Waals surface area contributed by atoms with E-state index in [1.54, 1.807) is 6.21 Å². The van der Waals surface area contributed by atoms with Crippen LogP contribution in [0.25, 0.3) is 0 Å². The summed E-state index contributed by atoms with van der Waals surface area (Å²) in [6.45, 7) is 0. The zero-order valence-corrected chi connectivity index (χ0v) is 6.29. The van der Waals surface area contributed by atoms with Crippen LogP contribution in [0.1, 0.15) is 19.3 Å². The van der Waals surface area contributed by atoms with E-state index in [0.29, 0.717) is 6.42 Å². The molecule has 0 fully saturated rings. The van der Waals surface area contributed by atoms with Crippen LogP contribution >= 0.6 is 0 Å². The van der Waals surface area contributed by atoms with Crippen LogP contribution in [-0.4, -0.2) is 18.5 Å². The van der Waals surface area contributed by atoms with Gasteiger partial charge in [0.05, 0.1) is 0 Å². The maximum absolute atomic E-state index is 9.84. The topological polar surface area (TPSA) is 95.4 Å². The van der Waals surface area contributed by atoms with Crippen molar-refractivity contribution in [3.63, 3.8) is 0 Å². The van der Waals surface area contributed by atoms with Crippen LogP contribution in [0.2, 0.25) is 0 Å². The highest BCUT2D eigenvalue weighted by Crippen LogP contribution is 1.85. The Kier molecular flexibility index (Phi) is 5.88. The van der Waals surface area contributed by atoms with Crippen molar-refractivity contribution in [3.8, 4) is 0 Å². The van der Waals surface area contributed by atoms with Gasteiger partial charge in [-0.2, -0.15) is 0 Å². The Morgan fingerprint density at radius 2 is 2.18 bits per heavy atom. The number of nitrogens with one attached hydrogen (secondary N) is 1. The molecule has 5 N–H and O–H groups in total. The van der Waals surface area contributed by atoms with Crippen LogP contribution < -0.4 is 16.6 Å². The predicted molar refractivity (Wildman–Crippen MR) is 42.8 cm³/mol. The van der Waals surface area contributed by atoms with Gasteiger partial charge in [-0.15, -0.1) is 5.10 Å². The van der Waals surface area contributed by atoms with Crippen LogP contribution in [-0.2, 0) is 4.79 Å². The van der Waals surface area contributed by atoms with Gasteiger partial charge in [0, 0.05) is 17.9 Å². The van der Waals surface area contributed by atoms with E-state index in [0.717, 1.165) is 19.1 Å². The molecule has 0 aliphatic rings. The second kappa shape index (κ2) is 6.73. The molecule has 0 saturated carbocycles. The second-order valence-corrected chi connectivity index (χ2v) is 1.97. The number of hydrazone groups is 1. The van der Waals surface area contributed by atoms with Crippen molar-refractivity contribution in [1.82, 2.24) is 0 Å². The zero-order valence-electron chi connectivity index (χ0n) is 6.29. The largest absolute Gasteiger partial charge is 0.365 e. The first-order chi connectivity index (χ1) is 5.27. The number of unbranched alkanes of at least 4 members (excludes halogenated alkanes) is 2. The summed E-state index contributed by atoms with van der Waals surface area (Å²) in [5, 5.41) is 6.04. The van der Waals surface area contributed by atoms with Gasteiger partial charge in [0.1, 0.15) is 6.29 Å². The van der Waals surface area contributed by atoms with E-state index >= 15 is 0 Å². The van der Waals surface area contributed by atoms with Gasteiger partial charge in [0.2, 0.25) is 0 Å². The molecule has 0 aromatic heterocycles.